The number of nitrogens with zero attached hydrogens (tertiary/aromatic N) is 5. The Balaban J connectivity index is 1.63. The summed E-state index contributed by atoms with van der Waals surface area (Å²) in [6.45, 7) is -0.175. The van der Waals surface area contributed by atoms with Crippen molar-refractivity contribution in [3.63, 3.8) is 0 Å². The standard InChI is InChI=1S/C23H18ClN5O5/c1-34-21-12-28(11-17(30)8-14-2-4-15(5-3-14)23(32)33)22(31)10-19(21)18-9-16(24)6-7-20(18)29-13-25-26-27-29/h2-7,9-10,12-13H,8,11H2,1H3,(H,32,33). The molecule has 0 saturated heterocycles. The van der Waals surface area contributed by atoms with E-state index in [4.69, 9.17) is 21.4 Å². The molecule has 0 aliphatic rings. The zero-order valence-electron chi connectivity index (χ0n) is 17.9. The second-order valence-electron chi connectivity index (χ2n) is 7.36. The minimum absolute atomic E-state index is 0.0497. The average Bonchev–Trinajstić information content (AvgIpc) is 3.35. The van der Waals surface area contributed by atoms with Gasteiger partial charge in [-0.3, -0.25) is 9.59 Å². The molecule has 0 radical (unpaired) electrons. The summed E-state index contributed by atoms with van der Waals surface area (Å²) in [5, 5.41) is 20.6. The van der Waals surface area contributed by atoms with E-state index < -0.39 is 11.5 Å². The molecule has 1 N–H and O–H groups in total. The Morgan fingerprint density at radius 3 is 2.50 bits per heavy atom. The van der Waals surface area contributed by atoms with Crippen LogP contribution in [0.25, 0.3) is 16.8 Å². The molecule has 0 unspecified atom stereocenters. The van der Waals surface area contributed by atoms with Crippen LogP contribution < -0.4 is 10.3 Å². The van der Waals surface area contributed by atoms with Gasteiger partial charge in [0, 0.05) is 28.6 Å². The Bertz CT molecular complexity index is 1410. The van der Waals surface area contributed by atoms with Gasteiger partial charge in [-0.2, -0.15) is 4.68 Å². The maximum atomic E-state index is 12.9. The second kappa shape index (κ2) is 9.67. The van der Waals surface area contributed by atoms with Crippen molar-refractivity contribution in [2.45, 2.75) is 13.0 Å². The highest BCUT2D eigenvalue weighted by atomic mass is 35.5. The number of ether oxygens (including phenoxy) is 1. The first-order valence-electron chi connectivity index (χ1n) is 10.0. The number of carbonyl (C=O) groups excluding carboxylic acids is 1. The number of halogens is 1. The normalized spacial score (nSPS) is 10.8. The van der Waals surface area contributed by atoms with Gasteiger partial charge in [0.2, 0.25) is 0 Å². The smallest absolute Gasteiger partial charge is 0.335 e. The van der Waals surface area contributed by atoms with Gasteiger partial charge in [0.05, 0.1) is 31.1 Å². The van der Waals surface area contributed by atoms with Crippen molar-refractivity contribution in [2.24, 2.45) is 0 Å². The maximum Gasteiger partial charge on any atom is 0.335 e. The summed E-state index contributed by atoms with van der Waals surface area (Å²) in [4.78, 5) is 36.5. The molecule has 0 fully saturated rings. The van der Waals surface area contributed by atoms with Crippen LogP contribution in [-0.4, -0.2) is 48.7 Å². The van der Waals surface area contributed by atoms with E-state index in [0.29, 0.717) is 33.1 Å². The van der Waals surface area contributed by atoms with Crippen LogP contribution in [0, 0.1) is 0 Å². The molecule has 0 bridgehead atoms. The number of ketones is 1. The van der Waals surface area contributed by atoms with Gasteiger partial charge >= 0.3 is 5.97 Å². The van der Waals surface area contributed by atoms with E-state index in [0.717, 1.165) is 0 Å². The van der Waals surface area contributed by atoms with Gasteiger partial charge in [-0.15, -0.1) is 5.10 Å². The third-order valence-corrected chi connectivity index (χ3v) is 5.34. The molecule has 172 valence electrons. The molecule has 4 rings (SSSR count). The summed E-state index contributed by atoms with van der Waals surface area (Å²) in [6, 6.07) is 12.5. The van der Waals surface area contributed by atoms with E-state index in [9.17, 15) is 14.4 Å². The first-order valence-corrected chi connectivity index (χ1v) is 10.4. The molecule has 2 heterocycles. The highest BCUT2D eigenvalue weighted by molar-refractivity contribution is 6.31. The van der Waals surface area contributed by atoms with E-state index in [1.807, 2.05) is 0 Å². The largest absolute Gasteiger partial charge is 0.495 e. The maximum absolute atomic E-state index is 12.9. The lowest BCUT2D eigenvalue weighted by Crippen LogP contribution is -2.24. The summed E-state index contributed by atoms with van der Waals surface area (Å²) in [5.41, 5.74) is 2.00. The highest BCUT2D eigenvalue weighted by Gasteiger charge is 2.17. The third kappa shape index (κ3) is 4.86. The molecular weight excluding hydrogens is 462 g/mol. The van der Waals surface area contributed by atoms with Gasteiger partial charge in [0.1, 0.15) is 12.1 Å². The first-order chi connectivity index (χ1) is 16.4. The monoisotopic (exact) mass is 479 g/mol. The van der Waals surface area contributed by atoms with Gasteiger partial charge in [-0.1, -0.05) is 23.7 Å². The van der Waals surface area contributed by atoms with Gasteiger partial charge in [-0.25, -0.2) is 4.79 Å². The van der Waals surface area contributed by atoms with Crippen molar-refractivity contribution in [2.75, 3.05) is 7.11 Å². The molecule has 0 aliphatic heterocycles. The van der Waals surface area contributed by atoms with Crippen molar-refractivity contribution in [1.82, 2.24) is 24.8 Å². The van der Waals surface area contributed by atoms with Crippen molar-refractivity contribution in [3.8, 4) is 22.6 Å². The Hall–Kier alpha value is -4.31. The molecule has 2 aromatic carbocycles. The molecule has 4 aromatic rings. The van der Waals surface area contributed by atoms with Crippen LogP contribution in [0.1, 0.15) is 15.9 Å². The number of benzene rings is 2. The van der Waals surface area contributed by atoms with Crippen LogP contribution >= 0.6 is 11.6 Å². The summed E-state index contributed by atoms with van der Waals surface area (Å²) in [7, 11) is 1.46. The van der Waals surface area contributed by atoms with Gasteiger partial charge in [0.15, 0.2) is 5.78 Å². The number of Topliss-reactive ketones (excluding diaryl/α,β-unsaturated/α-hetero) is 1. The summed E-state index contributed by atoms with van der Waals surface area (Å²) >= 11 is 6.21. The zero-order chi connectivity index (χ0) is 24.2. The summed E-state index contributed by atoms with van der Waals surface area (Å²) in [5.74, 6) is -0.911. The van der Waals surface area contributed by atoms with E-state index in [1.165, 1.54) is 47.1 Å². The second-order valence-corrected chi connectivity index (χ2v) is 7.79. The van der Waals surface area contributed by atoms with Gasteiger partial charge in [-0.05, 0) is 46.3 Å². The number of methoxy groups -OCH3 is 1. The molecule has 2 aromatic heterocycles. The number of hydrogen-bond acceptors (Lipinski definition) is 7. The van der Waals surface area contributed by atoms with Crippen LogP contribution in [0.5, 0.6) is 5.75 Å². The SMILES string of the molecule is COc1cn(CC(=O)Cc2ccc(C(=O)O)cc2)c(=O)cc1-c1cc(Cl)ccc1-n1cnnn1. The first kappa shape index (κ1) is 22.9. The number of hydrogen-bond donors (Lipinski definition) is 1. The third-order valence-electron chi connectivity index (χ3n) is 5.10. The number of tetrazole rings is 1. The minimum Gasteiger partial charge on any atom is -0.495 e. The van der Waals surface area contributed by atoms with E-state index in [2.05, 4.69) is 15.5 Å². The lowest BCUT2D eigenvalue weighted by atomic mass is 10.0. The molecule has 0 atom stereocenters. The van der Waals surface area contributed by atoms with Gasteiger partial charge in [0.25, 0.3) is 5.56 Å². The number of carboxylic acids is 1. The van der Waals surface area contributed by atoms with Crippen molar-refractivity contribution in [1.29, 1.82) is 0 Å². The highest BCUT2D eigenvalue weighted by Crippen LogP contribution is 2.34. The number of aromatic nitrogens is 5. The predicted molar refractivity (Wildman–Crippen MR) is 123 cm³/mol. The Labute approximate surface area is 198 Å². The van der Waals surface area contributed by atoms with E-state index >= 15 is 0 Å². The topological polar surface area (TPSA) is 129 Å². The lowest BCUT2D eigenvalue weighted by molar-refractivity contribution is -0.119. The molecule has 0 amide bonds. The Morgan fingerprint density at radius 2 is 1.85 bits per heavy atom. The number of rotatable bonds is 8. The fraction of sp³-hybridized carbons (Fsp3) is 0.130. The van der Waals surface area contributed by atoms with Crippen LogP contribution in [0.3, 0.4) is 0 Å². The Morgan fingerprint density at radius 1 is 1.09 bits per heavy atom. The van der Waals surface area contributed by atoms with Crippen molar-refractivity contribution in [3.05, 3.63) is 87.6 Å². The van der Waals surface area contributed by atoms with Crippen molar-refractivity contribution >= 4 is 23.4 Å². The molecule has 0 spiro atoms. The molecule has 0 saturated carbocycles. The Kier molecular flexibility index (Phi) is 6.51. The molecule has 11 heteroatoms. The van der Waals surface area contributed by atoms with Crippen LogP contribution in [0.4, 0.5) is 0 Å². The number of carbonyl (C=O) groups is 2. The number of pyridine rings is 1. The van der Waals surface area contributed by atoms with E-state index in [1.54, 1.807) is 30.3 Å². The zero-order valence-corrected chi connectivity index (χ0v) is 18.6. The molecule has 0 aliphatic carbocycles. The number of aromatic carboxylic acids is 1. The van der Waals surface area contributed by atoms with Crippen LogP contribution in [-0.2, 0) is 17.8 Å². The molecule has 10 nitrogen and oxygen atoms in total. The fourth-order valence-electron chi connectivity index (χ4n) is 3.48. The summed E-state index contributed by atoms with van der Waals surface area (Å²) < 4.78 is 8.21. The van der Waals surface area contributed by atoms with E-state index in [-0.39, 0.29) is 24.3 Å². The quantitative estimate of drug-likeness (QED) is 0.408. The fourth-order valence-corrected chi connectivity index (χ4v) is 3.66. The van der Waals surface area contributed by atoms with Crippen molar-refractivity contribution < 1.29 is 19.4 Å². The number of carboxylic acid groups (broad SMARTS) is 1. The predicted octanol–water partition coefficient (Wildman–Crippen LogP) is 2.66. The minimum atomic E-state index is -1.04. The average molecular weight is 480 g/mol. The van der Waals surface area contributed by atoms with Crippen LogP contribution in [0.2, 0.25) is 5.02 Å². The lowest BCUT2D eigenvalue weighted by Gasteiger charge is -2.15. The molecule has 34 heavy (non-hydrogen) atoms. The van der Waals surface area contributed by atoms with Crippen LogP contribution in [0.15, 0.2) is 65.8 Å². The molecular formula is C23H18ClN5O5. The summed E-state index contributed by atoms with van der Waals surface area (Å²) in [6.07, 6.45) is 2.93. The van der Waals surface area contributed by atoms with Gasteiger partial charge < -0.3 is 14.4 Å².